The molecule has 1 N–H and O–H groups in total. The average Bonchev–Trinajstić information content (AvgIpc) is 2.77. The number of hydrogen-bond donors (Lipinski definition) is 1. The van der Waals surface area contributed by atoms with E-state index in [0.717, 1.165) is 43.4 Å². The molecule has 0 aromatic rings. The molecule has 0 aromatic heterocycles. The van der Waals surface area contributed by atoms with Crippen LogP contribution >= 0.6 is 0 Å². The first kappa shape index (κ1) is 15.2. The van der Waals surface area contributed by atoms with Crippen molar-refractivity contribution in [1.82, 2.24) is 0 Å². The molecule has 4 aliphatic carbocycles. The van der Waals surface area contributed by atoms with E-state index in [2.05, 4.69) is 20.8 Å². The first-order valence-corrected chi connectivity index (χ1v) is 9.56. The summed E-state index contributed by atoms with van der Waals surface area (Å²) in [5, 5.41) is 10.5. The van der Waals surface area contributed by atoms with Gasteiger partial charge in [-0.05, 0) is 78.9 Å². The van der Waals surface area contributed by atoms with Crippen molar-refractivity contribution >= 4 is 5.78 Å². The van der Waals surface area contributed by atoms with Gasteiger partial charge in [0.2, 0.25) is 0 Å². The smallest absolute Gasteiger partial charge is 0.133 e. The lowest BCUT2D eigenvalue weighted by Crippen LogP contribution is -2.56. The van der Waals surface area contributed by atoms with Crippen LogP contribution in [-0.2, 0) is 4.79 Å². The molecule has 4 aliphatic rings. The van der Waals surface area contributed by atoms with Gasteiger partial charge in [0, 0.05) is 12.8 Å². The second-order valence-electron chi connectivity index (χ2n) is 9.59. The summed E-state index contributed by atoms with van der Waals surface area (Å²) >= 11 is 0. The summed E-state index contributed by atoms with van der Waals surface area (Å²) in [5.74, 6) is 4.14. The van der Waals surface area contributed by atoms with Crippen LogP contribution in [0.15, 0.2) is 0 Å². The van der Waals surface area contributed by atoms with E-state index in [1.807, 2.05) is 0 Å². The highest BCUT2D eigenvalue weighted by Gasteiger charge is 2.61. The Hall–Kier alpha value is -0.370. The number of hydrogen-bond acceptors (Lipinski definition) is 2. The van der Waals surface area contributed by atoms with Gasteiger partial charge in [-0.15, -0.1) is 0 Å². The second kappa shape index (κ2) is 4.82. The molecule has 2 nitrogen and oxygen atoms in total. The van der Waals surface area contributed by atoms with Crippen LogP contribution in [-0.4, -0.2) is 17.0 Å². The van der Waals surface area contributed by atoms with Gasteiger partial charge in [0.25, 0.3) is 0 Å². The van der Waals surface area contributed by atoms with E-state index in [9.17, 15) is 9.90 Å². The molecule has 0 unspecified atom stereocenters. The first-order chi connectivity index (χ1) is 10.4. The van der Waals surface area contributed by atoms with Crippen molar-refractivity contribution in [3.8, 4) is 0 Å². The Morgan fingerprint density at radius 3 is 2.55 bits per heavy atom. The second-order valence-corrected chi connectivity index (χ2v) is 9.59. The molecule has 0 heterocycles. The monoisotopic (exact) mass is 304 g/mol. The minimum Gasteiger partial charge on any atom is -0.393 e. The largest absolute Gasteiger partial charge is 0.393 e. The maximum atomic E-state index is 12.0. The van der Waals surface area contributed by atoms with E-state index in [1.54, 1.807) is 0 Å². The van der Waals surface area contributed by atoms with Crippen LogP contribution in [0.25, 0.3) is 0 Å². The molecule has 4 rings (SSSR count). The van der Waals surface area contributed by atoms with Crippen LogP contribution in [0.5, 0.6) is 0 Å². The van der Waals surface area contributed by atoms with Gasteiger partial charge < -0.3 is 5.11 Å². The lowest BCUT2D eigenvalue weighted by Gasteiger charge is -2.62. The van der Waals surface area contributed by atoms with Gasteiger partial charge in [-0.3, -0.25) is 4.79 Å². The fourth-order valence-corrected chi connectivity index (χ4v) is 7.40. The van der Waals surface area contributed by atoms with E-state index >= 15 is 0 Å². The molecule has 124 valence electrons. The zero-order valence-corrected chi connectivity index (χ0v) is 14.5. The number of aliphatic hydroxyl groups is 1. The van der Waals surface area contributed by atoms with Gasteiger partial charge in [0.05, 0.1) is 6.10 Å². The Morgan fingerprint density at radius 1 is 1.05 bits per heavy atom. The molecule has 8 atom stereocenters. The molecular weight excluding hydrogens is 272 g/mol. The number of ketones is 1. The van der Waals surface area contributed by atoms with E-state index in [-0.39, 0.29) is 11.5 Å². The number of carbonyl (C=O) groups is 1. The van der Waals surface area contributed by atoms with Crippen molar-refractivity contribution in [3.63, 3.8) is 0 Å². The van der Waals surface area contributed by atoms with Crippen molar-refractivity contribution in [2.24, 2.45) is 40.4 Å². The number of aliphatic hydroxyl groups excluding tert-OH is 1. The van der Waals surface area contributed by atoms with Gasteiger partial charge in [-0.2, -0.15) is 0 Å². The summed E-state index contributed by atoms with van der Waals surface area (Å²) in [6.45, 7) is 7.30. The molecule has 0 radical (unpaired) electrons. The first-order valence-electron chi connectivity index (χ1n) is 9.56. The van der Waals surface area contributed by atoms with Gasteiger partial charge in [0.15, 0.2) is 0 Å². The van der Waals surface area contributed by atoms with Crippen LogP contribution in [0.1, 0.15) is 72.1 Å². The highest BCUT2D eigenvalue weighted by Crippen LogP contribution is 2.67. The standard InChI is InChI=1S/C20H32O2/c1-12-10-13-11-14(21)6-8-19(13,2)16-7-9-20(3)15(18(12)16)4-5-17(20)22/h12-13,15-18,22H,4-11H2,1-3H3/t12-,13-,15-,16-,17-,18+,19+,20+/m1/s1. The molecule has 0 aliphatic heterocycles. The summed E-state index contributed by atoms with van der Waals surface area (Å²) in [4.78, 5) is 12.0. The topological polar surface area (TPSA) is 37.3 Å². The molecule has 0 aromatic carbocycles. The predicted molar refractivity (Wildman–Crippen MR) is 87.3 cm³/mol. The van der Waals surface area contributed by atoms with Crippen LogP contribution in [0.3, 0.4) is 0 Å². The lowest BCUT2D eigenvalue weighted by molar-refractivity contribution is -0.153. The minimum absolute atomic E-state index is 0.0795. The van der Waals surface area contributed by atoms with E-state index in [4.69, 9.17) is 0 Å². The highest BCUT2D eigenvalue weighted by atomic mass is 16.3. The summed E-state index contributed by atoms with van der Waals surface area (Å²) < 4.78 is 0. The molecule has 22 heavy (non-hydrogen) atoms. The van der Waals surface area contributed by atoms with Gasteiger partial charge >= 0.3 is 0 Å². The molecule has 4 fully saturated rings. The van der Waals surface area contributed by atoms with Crippen LogP contribution < -0.4 is 0 Å². The molecular formula is C20H32O2. The summed E-state index contributed by atoms with van der Waals surface area (Å²) in [6.07, 6.45) is 8.65. The Kier molecular flexibility index (Phi) is 3.32. The molecule has 0 bridgehead atoms. The molecule has 0 saturated heterocycles. The molecule has 2 heteroatoms. The van der Waals surface area contributed by atoms with Crippen LogP contribution in [0, 0.1) is 40.4 Å². The Balaban J connectivity index is 1.68. The number of Topliss-reactive ketones (excluding diaryl/α,β-unsaturated/α-hetero) is 1. The van der Waals surface area contributed by atoms with Crippen molar-refractivity contribution < 1.29 is 9.90 Å². The van der Waals surface area contributed by atoms with E-state index < -0.39 is 0 Å². The fourth-order valence-electron chi connectivity index (χ4n) is 7.40. The third-order valence-corrected chi connectivity index (χ3v) is 8.79. The van der Waals surface area contributed by atoms with Gasteiger partial charge in [-0.25, -0.2) is 0 Å². The van der Waals surface area contributed by atoms with Crippen LogP contribution in [0.2, 0.25) is 0 Å². The predicted octanol–water partition coefficient (Wildman–Crippen LogP) is 4.21. The summed E-state index contributed by atoms with van der Waals surface area (Å²) in [5.41, 5.74) is 0.559. The van der Waals surface area contributed by atoms with E-state index in [1.165, 1.54) is 25.7 Å². The van der Waals surface area contributed by atoms with Gasteiger partial charge in [0.1, 0.15) is 5.78 Å². The molecule has 0 amide bonds. The summed E-state index contributed by atoms with van der Waals surface area (Å²) in [6, 6.07) is 0. The highest BCUT2D eigenvalue weighted by molar-refractivity contribution is 5.79. The average molecular weight is 304 g/mol. The Labute approximate surface area is 135 Å². The van der Waals surface area contributed by atoms with E-state index in [0.29, 0.717) is 23.0 Å². The van der Waals surface area contributed by atoms with Crippen molar-refractivity contribution in [2.45, 2.75) is 78.2 Å². The quantitative estimate of drug-likeness (QED) is 0.728. The summed E-state index contributed by atoms with van der Waals surface area (Å²) in [7, 11) is 0. The Bertz CT molecular complexity index is 486. The number of fused-ring (bicyclic) bond motifs is 5. The van der Waals surface area contributed by atoms with Crippen molar-refractivity contribution in [1.29, 1.82) is 0 Å². The zero-order chi connectivity index (χ0) is 15.7. The fraction of sp³-hybridized carbons (Fsp3) is 0.950. The van der Waals surface area contributed by atoms with Crippen molar-refractivity contribution in [2.75, 3.05) is 0 Å². The molecule has 4 saturated carbocycles. The number of rotatable bonds is 0. The maximum absolute atomic E-state index is 12.0. The lowest BCUT2D eigenvalue weighted by atomic mass is 9.43. The minimum atomic E-state index is -0.0795. The number of carbonyl (C=O) groups excluding carboxylic acids is 1. The Morgan fingerprint density at radius 2 is 1.77 bits per heavy atom. The van der Waals surface area contributed by atoms with Crippen LogP contribution in [0.4, 0.5) is 0 Å². The maximum Gasteiger partial charge on any atom is 0.133 e. The van der Waals surface area contributed by atoms with Gasteiger partial charge in [-0.1, -0.05) is 20.8 Å². The third kappa shape index (κ3) is 1.85. The SMILES string of the molecule is C[C@@H]1C[C@@H]2CC(=O)CC[C@]2(C)[C@@H]2CC[C@]3(C)[C@H](O)CC[C@@H]3[C@H]12. The third-order valence-electron chi connectivity index (χ3n) is 8.79. The normalized spacial score (nSPS) is 57.9. The van der Waals surface area contributed by atoms with Crippen molar-refractivity contribution in [3.05, 3.63) is 0 Å². The zero-order valence-electron chi connectivity index (χ0n) is 14.5. The molecule has 0 spiro atoms.